The molecule has 0 spiro atoms. The number of benzene rings is 1. The Morgan fingerprint density at radius 1 is 1.24 bits per heavy atom. The Morgan fingerprint density at radius 2 is 1.94 bits per heavy atom. The van der Waals surface area contributed by atoms with Gasteiger partial charge < -0.3 is 19.7 Å². The molecule has 1 aromatic carbocycles. The summed E-state index contributed by atoms with van der Waals surface area (Å²) in [6.07, 6.45) is -1.98. The summed E-state index contributed by atoms with van der Waals surface area (Å²) in [4.78, 5) is 23.8. The van der Waals surface area contributed by atoms with Gasteiger partial charge in [-0.05, 0) is 22.9 Å². The van der Waals surface area contributed by atoms with Crippen LogP contribution in [0.3, 0.4) is 0 Å². The van der Waals surface area contributed by atoms with Crippen molar-refractivity contribution >= 4 is 27.7 Å². The molecule has 1 aromatic heterocycles. The highest BCUT2D eigenvalue weighted by Crippen LogP contribution is 2.35. The Bertz CT molecular complexity index is 1050. The molecular formula is C22H24BrF3N4O3. The summed E-state index contributed by atoms with van der Waals surface area (Å²) in [5.74, 6) is -0.678. The fraction of sp³-hybridized carbons (Fsp3) is 0.500. The Balaban J connectivity index is 1.58. The number of nitrogens with one attached hydrogen (secondary N) is 1. The number of carbonyl (C=O) groups is 1. The summed E-state index contributed by atoms with van der Waals surface area (Å²) in [7, 11) is 1.53. The van der Waals surface area contributed by atoms with E-state index < -0.39 is 29.4 Å². The van der Waals surface area contributed by atoms with E-state index in [0.717, 1.165) is 6.07 Å². The van der Waals surface area contributed by atoms with E-state index in [4.69, 9.17) is 9.47 Å². The summed E-state index contributed by atoms with van der Waals surface area (Å²) in [6, 6.07) is 3.27. The van der Waals surface area contributed by atoms with Crippen molar-refractivity contribution < 1.29 is 27.4 Å². The number of halogens is 4. The summed E-state index contributed by atoms with van der Waals surface area (Å²) < 4.78 is 52.2. The van der Waals surface area contributed by atoms with Gasteiger partial charge in [-0.2, -0.15) is 0 Å². The van der Waals surface area contributed by atoms with Crippen molar-refractivity contribution in [2.24, 2.45) is 0 Å². The van der Waals surface area contributed by atoms with E-state index in [1.807, 2.05) is 0 Å². The highest BCUT2D eigenvalue weighted by Gasteiger charge is 2.45. The summed E-state index contributed by atoms with van der Waals surface area (Å²) in [6.45, 7) is 3.08. The third-order valence-electron chi connectivity index (χ3n) is 6.24. The number of ether oxygens (including phenoxy) is 2. The topological polar surface area (TPSA) is 76.6 Å². The number of nitrogens with zero attached hydrogens (tertiary/aromatic N) is 3. The minimum absolute atomic E-state index is 0.0998. The van der Waals surface area contributed by atoms with Gasteiger partial charge in [0.25, 0.3) is 12.3 Å². The number of alkyl halides is 2. The van der Waals surface area contributed by atoms with Gasteiger partial charge in [0.05, 0.1) is 30.4 Å². The first-order valence-electron chi connectivity index (χ1n) is 10.6. The lowest BCUT2D eigenvalue weighted by Crippen LogP contribution is -2.51. The number of aromatic nitrogens is 2. The van der Waals surface area contributed by atoms with Crippen LogP contribution in [0.1, 0.15) is 54.6 Å². The lowest BCUT2D eigenvalue weighted by atomic mass is 9.92. The molecule has 1 N–H and O–H groups in total. The Labute approximate surface area is 197 Å². The van der Waals surface area contributed by atoms with Gasteiger partial charge in [-0.15, -0.1) is 0 Å². The molecule has 11 heteroatoms. The predicted octanol–water partition coefficient (Wildman–Crippen LogP) is 4.53. The second kappa shape index (κ2) is 9.55. The highest BCUT2D eigenvalue weighted by molar-refractivity contribution is 9.10. The molecule has 178 valence electrons. The number of hydrogen-bond acceptors (Lipinski definition) is 6. The Kier molecular flexibility index (Phi) is 6.92. The van der Waals surface area contributed by atoms with Gasteiger partial charge in [0, 0.05) is 44.3 Å². The van der Waals surface area contributed by atoms with Gasteiger partial charge >= 0.3 is 0 Å². The molecule has 0 radical (unpaired) electrons. The molecule has 0 unspecified atom stereocenters. The van der Waals surface area contributed by atoms with Crippen LogP contribution in [-0.2, 0) is 27.4 Å². The number of amides is 1. The largest absolute Gasteiger partial charge is 0.381 e. The molecule has 1 fully saturated rings. The van der Waals surface area contributed by atoms with E-state index in [0.29, 0.717) is 47.9 Å². The predicted molar refractivity (Wildman–Crippen MR) is 117 cm³/mol. The van der Waals surface area contributed by atoms with Crippen molar-refractivity contribution in [3.05, 3.63) is 51.1 Å². The van der Waals surface area contributed by atoms with Gasteiger partial charge in [-0.25, -0.2) is 23.1 Å². The first kappa shape index (κ1) is 23.9. The van der Waals surface area contributed by atoms with Crippen LogP contribution in [-0.4, -0.2) is 46.7 Å². The SMILES string of the molecule is COC1(C(=O)N2Cc3nc(Br)nc(N[C@H](C)c4cccc(C(F)F)c4F)c3C2)CCOCC1. The smallest absolute Gasteiger partial charge is 0.266 e. The van der Waals surface area contributed by atoms with Crippen molar-refractivity contribution in [1.29, 1.82) is 0 Å². The summed E-state index contributed by atoms with van der Waals surface area (Å²) in [5, 5.41) is 3.11. The molecule has 4 rings (SSSR count). The van der Waals surface area contributed by atoms with Crippen LogP contribution in [0.4, 0.5) is 19.0 Å². The maximum atomic E-state index is 14.6. The molecule has 2 aliphatic rings. The molecular weight excluding hydrogens is 505 g/mol. The van der Waals surface area contributed by atoms with Crippen molar-refractivity contribution in [3.8, 4) is 0 Å². The monoisotopic (exact) mass is 528 g/mol. The maximum Gasteiger partial charge on any atom is 0.266 e. The summed E-state index contributed by atoms with van der Waals surface area (Å²) in [5.41, 5.74) is -0.136. The quantitative estimate of drug-likeness (QED) is 0.555. The number of carbonyl (C=O) groups excluding carboxylic acids is 1. The van der Waals surface area contributed by atoms with Gasteiger partial charge in [0.2, 0.25) is 0 Å². The van der Waals surface area contributed by atoms with Crippen LogP contribution in [0.5, 0.6) is 0 Å². The molecule has 33 heavy (non-hydrogen) atoms. The molecule has 0 bridgehead atoms. The van der Waals surface area contributed by atoms with E-state index in [2.05, 4.69) is 31.2 Å². The molecule has 0 saturated carbocycles. The zero-order valence-electron chi connectivity index (χ0n) is 18.2. The average Bonchev–Trinajstić information content (AvgIpc) is 3.23. The van der Waals surface area contributed by atoms with Gasteiger partial charge in [0.1, 0.15) is 11.6 Å². The van der Waals surface area contributed by atoms with Crippen LogP contribution in [0.2, 0.25) is 0 Å². The zero-order valence-corrected chi connectivity index (χ0v) is 19.8. The van der Waals surface area contributed by atoms with Crippen LogP contribution in [0.25, 0.3) is 0 Å². The van der Waals surface area contributed by atoms with Crippen LogP contribution >= 0.6 is 15.9 Å². The van der Waals surface area contributed by atoms with Crippen LogP contribution < -0.4 is 5.32 Å². The van der Waals surface area contributed by atoms with Crippen molar-refractivity contribution in [1.82, 2.24) is 14.9 Å². The fourth-order valence-electron chi connectivity index (χ4n) is 4.34. The molecule has 3 heterocycles. The normalized spacial score (nSPS) is 18.3. The van der Waals surface area contributed by atoms with E-state index in [1.54, 1.807) is 11.8 Å². The molecule has 0 aliphatic carbocycles. The third kappa shape index (κ3) is 4.58. The number of anilines is 1. The number of fused-ring (bicyclic) bond motifs is 1. The Morgan fingerprint density at radius 3 is 2.61 bits per heavy atom. The maximum absolute atomic E-state index is 14.6. The van der Waals surface area contributed by atoms with E-state index in [1.165, 1.54) is 19.2 Å². The average molecular weight is 529 g/mol. The zero-order chi connectivity index (χ0) is 23.8. The lowest BCUT2D eigenvalue weighted by molar-refractivity contribution is -0.167. The lowest BCUT2D eigenvalue weighted by Gasteiger charge is -2.37. The van der Waals surface area contributed by atoms with Crippen LogP contribution in [0.15, 0.2) is 22.9 Å². The number of rotatable bonds is 6. The van der Waals surface area contributed by atoms with Crippen molar-refractivity contribution in [2.75, 3.05) is 25.6 Å². The van der Waals surface area contributed by atoms with Crippen molar-refractivity contribution in [3.63, 3.8) is 0 Å². The highest BCUT2D eigenvalue weighted by atomic mass is 79.9. The van der Waals surface area contributed by atoms with E-state index in [9.17, 15) is 18.0 Å². The second-order valence-electron chi connectivity index (χ2n) is 8.16. The molecule has 1 saturated heterocycles. The van der Waals surface area contributed by atoms with Gasteiger partial charge in [-0.3, -0.25) is 4.79 Å². The van der Waals surface area contributed by atoms with Crippen LogP contribution in [0, 0.1) is 5.82 Å². The van der Waals surface area contributed by atoms with Crippen molar-refractivity contribution in [2.45, 2.75) is 50.9 Å². The van der Waals surface area contributed by atoms with Gasteiger partial charge in [-0.1, -0.05) is 18.2 Å². The molecule has 2 aliphatic heterocycles. The van der Waals surface area contributed by atoms with E-state index >= 15 is 0 Å². The minimum Gasteiger partial charge on any atom is -0.381 e. The Hall–Kier alpha value is -2.24. The molecule has 1 atom stereocenters. The van der Waals surface area contributed by atoms with E-state index in [-0.39, 0.29) is 24.6 Å². The molecule has 1 amide bonds. The first-order chi connectivity index (χ1) is 15.8. The fourth-order valence-corrected chi connectivity index (χ4v) is 4.73. The number of hydrogen-bond donors (Lipinski definition) is 1. The summed E-state index contributed by atoms with van der Waals surface area (Å²) >= 11 is 3.28. The standard InChI is InChI=1S/C22H24BrF3N4O3/c1-12(13-4-3-5-14(17(13)24)18(25)26)27-19-15-10-30(11-16(15)28-21(23)29-19)20(31)22(32-2)6-8-33-9-7-22/h3-5,12,18H,6-11H2,1-2H3,(H,27,28,29)/t12-/m1/s1. The first-order valence-corrected chi connectivity index (χ1v) is 11.4. The van der Waals surface area contributed by atoms with Gasteiger partial charge in [0.15, 0.2) is 10.3 Å². The third-order valence-corrected chi connectivity index (χ3v) is 6.59. The minimum atomic E-state index is -2.91. The number of methoxy groups -OCH3 is 1. The molecule has 2 aromatic rings. The molecule has 7 nitrogen and oxygen atoms in total. The second-order valence-corrected chi connectivity index (χ2v) is 8.86.